The molecular formula is C18H19BrClNO4. The van der Waals surface area contributed by atoms with Crippen molar-refractivity contribution in [1.29, 1.82) is 0 Å². The van der Waals surface area contributed by atoms with Crippen LogP contribution in [0.2, 0.25) is 5.02 Å². The Morgan fingerprint density at radius 1 is 1.08 bits per heavy atom. The van der Waals surface area contributed by atoms with Gasteiger partial charge in [-0.15, -0.1) is 0 Å². The van der Waals surface area contributed by atoms with Crippen molar-refractivity contribution < 1.29 is 19.0 Å². The zero-order valence-corrected chi connectivity index (χ0v) is 16.7. The van der Waals surface area contributed by atoms with Crippen LogP contribution in [-0.2, 0) is 4.79 Å². The molecule has 0 heterocycles. The molecule has 25 heavy (non-hydrogen) atoms. The number of anilines is 1. The summed E-state index contributed by atoms with van der Waals surface area (Å²) in [6.07, 6.45) is 0. The molecule has 7 heteroatoms. The van der Waals surface area contributed by atoms with Crippen molar-refractivity contribution in [3.63, 3.8) is 0 Å². The maximum atomic E-state index is 12.2. The van der Waals surface area contributed by atoms with Gasteiger partial charge in [0.25, 0.3) is 5.91 Å². The number of hydrogen-bond donors (Lipinski definition) is 1. The molecule has 0 aromatic heterocycles. The van der Waals surface area contributed by atoms with Crippen LogP contribution in [0.5, 0.6) is 17.2 Å². The van der Waals surface area contributed by atoms with Crippen LogP contribution in [0.25, 0.3) is 0 Å². The molecule has 2 aromatic carbocycles. The highest BCUT2D eigenvalue weighted by molar-refractivity contribution is 9.10. The largest absolute Gasteiger partial charge is 0.495 e. The van der Waals surface area contributed by atoms with E-state index < -0.39 is 0 Å². The van der Waals surface area contributed by atoms with Crippen molar-refractivity contribution >= 4 is 39.1 Å². The normalized spacial score (nSPS) is 10.3. The SMILES string of the molecule is COc1cc(NC(=O)COc2cc(C)c(Br)c(C)c2)c(OC)cc1Cl. The summed E-state index contributed by atoms with van der Waals surface area (Å²) in [5, 5.41) is 3.14. The molecule has 2 rings (SSSR count). The molecule has 0 unspecified atom stereocenters. The van der Waals surface area contributed by atoms with Crippen LogP contribution in [0.3, 0.4) is 0 Å². The number of halogens is 2. The number of methoxy groups -OCH3 is 2. The lowest BCUT2D eigenvalue weighted by atomic mass is 10.1. The van der Waals surface area contributed by atoms with E-state index in [0.29, 0.717) is 28.0 Å². The predicted octanol–water partition coefficient (Wildman–Crippen LogP) is 4.75. The minimum Gasteiger partial charge on any atom is -0.495 e. The minimum absolute atomic E-state index is 0.130. The molecule has 134 valence electrons. The van der Waals surface area contributed by atoms with Gasteiger partial charge in [-0.25, -0.2) is 0 Å². The van der Waals surface area contributed by atoms with E-state index in [0.717, 1.165) is 15.6 Å². The molecule has 0 spiro atoms. The maximum absolute atomic E-state index is 12.2. The quantitative estimate of drug-likeness (QED) is 0.721. The molecule has 0 aliphatic rings. The van der Waals surface area contributed by atoms with E-state index in [1.807, 2.05) is 26.0 Å². The molecule has 0 fully saturated rings. The topological polar surface area (TPSA) is 56.8 Å². The van der Waals surface area contributed by atoms with Crippen molar-refractivity contribution in [2.75, 3.05) is 26.1 Å². The summed E-state index contributed by atoms with van der Waals surface area (Å²) >= 11 is 9.56. The number of ether oxygens (including phenoxy) is 3. The first kappa shape index (κ1) is 19.4. The summed E-state index contributed by atoms with van der Waals surface area (Å²) < 4.78 is 17.0. The molecule has 1 N–H and O–H groups in total. The van der Waals surface area contributed by atoms with Crippen LogP contribution in [0.4, 0.5) is 5.69 Å². The first-order chi connectivity index (χ1) is 11.8. The highest BCUT2D eigenvalue weighted by atomic mass is 79.9. The third-order valence-corrected chi connectivity index (χ3v) is 5.07. The van der Waals surface area contributed by atoms with Crippen molar-refractivity contribution in [2.24, 2.45) is 0 Å². The van der Waals surface area contributed by atoms with Crippen molar-refractivity contribution in [1.82, 2.24) is 0 Å². The second kappa shape index (κ2) is 8.45. The van der Waals surface area contributed by atoms with E-state index >= 15 is 0 Å². The molecule has 2 aromatic rings. The third kappa shape index (κ3) is 4.80. The molecule has 0 saturated carbocycles. The zero-order chi connectivity index (χ0) is 18.6. The molecule has 0 aliphatic heterocycles. The average Bonchev–Trinajstić information content (AvgIpc) is 2.58. The van der Waals surface area contributed by atoms with Crippen LogP contribution in [-0.4, -0.2) is 26.7 Å². The lowest BCUT2D eigenvalue weighted by molar-refractivity contribution is -0.118. The van der Waals surface area contributed by atoms with E-state index in [1.54, 1.807) is 12.1 Å². The van der Waals surface area contributed by atoms with E-state index in [4.69, 9.17) is 25.8 Å². The monoisotopic (exact) mass is 427 g/mol. The van der Waals surface area contributed by atoms with Gasteiger partial charge >= 0.3 is 0 Å². The van der Waals surface area contributed by atoms with Crippen LogP contribution >= 0.6 is 27.5 Å². The van der Waals surface area contributed by atoms with E-state index in [1.165, 1.54) is 14.2 Å². The smallest absolute Gasteiger partial charge is 0.262 e. The Bertz CT molecular complexity index is 772. The second-order valence-electron chi connectivity index (χ2n) is 5.39. The average molecular weight is 429 g/mol. The highest BCUT2D eigenvalue weighted by Crippen LogP contribution is 2.35. The summed E-state index contributed by atoms with van der Waals surface area (Å²) in [7, 11) is 3.00. The van der Waals surface area contributed by atoms with E-state index in [-0.39, 0.29) is 12.5 Å². The first-order valence-corrected chi connectivity index (χ1v) is 8.63. The predicted molar refractivity (Wildman–Crippen MR) is 102 cm³/mol. The summed E-state index contributed by atoms with van der Waals surface area (Å²) in [5.74, 6) is 1.20. The summed E-state index contributed by atoms with van der Waals surface area (Å²) in [6.45, 7) is 3.80. The molecule has 0 aliphatic carbocycles. The van der Waals surface area contributed by atoms with Gasteiger partial charge in [0.15, 0.2) is 6.61 Å². The van der Waals surface area contributed by atoms with Gasteiger partial charge in [0.1, 0.15) is 17.2 Å². The fourth-order valence-corrected chi connectivity index (χ4v) is 2.74. The van der Waals surface area contributed by atoms with Crippen molar-refractivity contribution in [2.45, 2.75) is 13.8 Å². The molecule has 5 nitrogen and oxygen atoms in total. The van der Waals surface area contributed by atoms with Gasteiger partial charge in [-0.05, 0) is 37.1 Å². The highest BCUT2D eigenvalue weighted by Gasteiger charge is 2.13. The number of amides is 1. The number of hydrogen-bond acceptors (Lipinski definition) is 4. The lowest BCUT2D eigenvalue weighted by Gasteiger charge is -2.14. The number of carbonyl (C=O) groups is 1. The number of benzene rings is 2. The fraction of sp³-hybridized carbons (Fsp3) is 0.278. The van der Waals surface area contributed by atoms with Gasteiger partial charge in [0, 0.05) is 16.6 Å². The number of aryl methyl sites for hydroxylation is 2. The van der Waals surface area contributed by atoms with E-state index in [9.17, 15) is 4.79 Å². The minimum atomic E-state index is -0.319. The molecule has 0 atom stereocenters. The Labute approximate surface area is 160 Å². The third-order valence-electron chi connectivity index (χ3n) is 3.53. The summed E-state index contributed by atoms with van der Waals surface area (Å²) in [6, 6.07) is 6.93. The number of carbonyl (C=O) groups excluding carboxylic acids is 1. The Kier molecular flexibility index (Phi) is 6.56. The number of rotatable bonds is 6. The van der Waals surface area contributed by atoms with Gasteiger partial charge in [-0.2, -0.15) is 0 Å². The Balaban J connectivity index is 2.08. The Morgan fingerprint density at radius 2 is 1.68 bits per heavy atom. The van der Waals surface area contributed by atoms with Gasteiger partial charge in [0.05, 0.1) is 24.9 Å². The van der Waals surface area contributed by atoms with Gasteiger partial charge in [-0.1, -0.05) is 27.5 Å². The van der Waals surface area contributed by atoms with Crippen LogP contribution < -0.4 is 19.5 Å². The number of nitrogens with one attached hydrogen (secondary N) is 1. The summed E-state index contributed by atoms with van der Waals surface area (Å²) in [4.78, 5) is 12.2. The zero-order valence-electron chi connectivity index (χ0n) is 14.4. The molecule has 0 saturated heterocycles. The molecule has 0 bridgehead atoms. The molecular weight excluding hydrogens is 410 g/mol. The maximum Gasteiger partial charge on any atom is 0.262 e. The lowest BCUT2D eigenvalue weighted by Crippen LogP contribution is -2.20. The Morgan fingerprint density at radius 3 is 2.24 bits per heavy atom. The standard InChI is InChI=1S/C18H19BrClNO4/c1-10-5-12(6-11(2)18(10)19)25-9-17(22)21-14-8-15(23-3)13(20)7-16(14)24-4/h5-8H,9H2,1-4H3,(H,21,22). The van der Waals surface area contributed by atoms with Crippen LogP contribution in [0.1, 0.15) is 11.1 Å². The Hall–Kier alpha value is -1.92. The van der Waals surface area contributed by atoms with Gasteiger partial charge in [-0.3, -0.25) is 4.79 Å². The molecule has 1 amide bonds. The molecule has 0 radical (unpaired) electrons. The van der Waals surface area contributed by atoms with Gasteiger partial charge in [0.2, 0.25) is 0 Å². The van der Waals surface area contributed by atoms with Crippen molar-refractivity contribution in [3.8, 4) is 17.2 Å². The van der Waals surface area contributed by atoms with E-state index in [2.05, 4.69) is 21.2 Å². The first-order valence-electron chi connectivity index (χ1n) is 7.46. The van der Waals surface area contributed by atoms with Gasteiger partial charge < -0.3 is 19.5 Å². The van der Waals surface area contributed by atoms with Crippen LogP contribution in [0.15, 0.2) is 28.7 Å². The summed E-state index contributed by atoms with van der Waals surface area (Å²) in [5.41, 5.74) is 2.54. The van der Waals surface area contributed by atoms with Crippen LogP contribution in [0, 0.1) is 13.8 Å². The fourth-order valence-electron chi connectivity index (χ4n) is 2.28. The second-order valence-corrected chi connectivity index (χ2v) is 6.60. The van der Waals surface area contributed by atoms with Crippen molar-refractivity contribution in [3.05, 3.63) is 44.9 Å².